The summed E-state index contributed by atoms with van der Waals surface area (Å²) < 4.78 is 1.09. The van der Waals surface area contributed by atoms with Crippen LogP contribution in [0.3, 0.4) is 0 Å². The summed E-state index contributed by atoms with van der Waals surface area (Å²) in [7, 11) is 0. The number of hydrogen-bond donors (Lipinski definition) is 0. The zero-order valence-corrected chi connectivity index (χ0v) is 10.2. The predicted octanol–water partition coefficient (Wildman–Crippen LogP) is 4.07. The average Bonchev–Trinajstić information content (AvgIpc) is 2.30. The molecule has 0 fully saturated rings. The highest BCUT2D eigenvalue weighted by Gasteiger charge is 1.98. The van der Waals surface area contributed by atoms with Gasteiger partial charge in [0.15, 0.2) is 0 Å². The van der Waals surface area contributed by atoms with E-state index >= 15 is 0 Å². The van der Waals surface area contributed by atoms with Gasteiger partial charge in [-0.05, 0) is 30.2 Å². The van der Waals surface area contributed by atoms with Crippen molar-refractivity contribution >= 4 is 15.9 Å². The lowest BCUT2D eigenvalue weighted by Gasteiger charge is -2.02. The van der Waals surface area contributed by atoms with Crippen LogP contribution in [0.5, 0.6) is 0 Å². The highest BCUT2D eigenvalue weighted by molar-refractivity contribution is 9.10. The van der Waals surface area contributed by atoms with E-state index in [2.05, 4.69) is 52.1 Å². The normalized spacial score (nSPS) is 10.3. The topological polar surface area (TPSA) is 12.9 Å². The minimum atomic E-state index is 1.03. The van der Waals surface area contributed by atoms with Crippen molar-refractivity contribution < 1.29 is 0 Å². The van der Waals surface area contributed by atoms with E-state index in [-0.39, 0.29) is 0 Å². The summed E-state index contributed by atoms with van der Waals surface area (Å²) in [6.07, 6.45) is 2.98. The predicted molar refractivity (Wildman–Crippen MR) is 66.8 cm³/mol. The first kappa shape index (κ1) is 10.4. The van der Waals surface area contributed by atoms with Crippen LogP contribution in [0.15, 0.2) is 47.1 Å². The van der Waals surface area contributed by atoms with Crippen molar-refractivity contribution in [2.45, 2.75) is 13.3 Å². The van der Waals surface area contributed by atoms with E-state index in [0.29, 0.717) is 0 Å². The minimum absolute atomic E-state index is 1.03. The molecule has 1 aromatic carbocycles. The van der Waals surface area contributed by atoms with Crippen LogP contribution in [0.2, 0.25) is 0 Å². The number of aryl methyl sites for hydroxylation is 1. The maximum Gasteiger partial charge on any atom is 0.0702 e. The third kappa shape index (κ3) is 2.45. The maximum atomic E-state index is 4.43. The van der Waals surface area contributed by atoms with Crippen LogP contribution in [0, 0.1) is 0 Å². The number of nitrogens with zero attached hydrogens (tertiary/aromatic N) is 1. The zero-order valence-electron chi connectivity index (χ0n) is 8.57. The molecule has 0 bridgehead atoms. The number of pyridine rings is 1. The van der Waals surface area contributed by atoms with E-state index in [4.69, 9.17) is 0 Å². The fourth-order valence-corrected chi connectivity index (χ4v) is 1.69. The summed E-state index contributed by atoms with van der Waals surface area (Å²) >= 11 is 3.42. The monoisotopic (exact) mass is 261 g/mol. The van der Waals surface area contributed by atoms with E-state index < -0.39 is 0 Å². The molecule has 0 aliphatic heterocycles. The number of halogens is 1. The number of benzene rings is 1. The van der Waals surface area contributed by atoms with Crippen LogP contribution in [0.1, 0.15) is 12.5 Å². The Kier molecular flexibility index (Phi) is 3.17. The molecule has 0 atom stereocenters. The molecule has 15 heavy (non-hydrogen) atoms. The van der Waals surface area contributed by atoms with E-state index in [1.54, 1.807) is 0 Å². The van der Waals surface area contributed by atoms with Gasteiger partial charge in [0.05, 0.1) is 5.69 Å². The lowest BCUT2D eigenvalue weighted by molar-refractivity contribution is 1.11. The molecule has 2 heteroatoms. The second-order valence-electron chi connectivity index (χ2n) is 3.41. The third-order valence-electron chi connectivity index (χ3n) is 2.37. The van der Waals surface area contributed by atoms with Crippen molar-refractivity contribution in [3.05, 3.63) is 52.6 Å². The van der Waals surface area contributed by atoms with E-state index in [9.17, 15) is 0 Å². The minimum Gasteiger partial charge on any atom is -0.256 e. The molecule has 1 heterocycles. The number of rotatable bonds is 2. The smallest absolute Gasteiger partial charge is 0.0702 e. The largest absolute Gasteiger partial charge is 0.256 e. The lowest BCUT2D eigenvalue weighted by Crippen LogP contribution is -1.86. The molecule has 0 aliphatic rings. The maximum absolute atomic E-state index is 4.43. The Bertz CT molecular complexity index is 431. The van der Waals surface area contributed by atoms with Gasteiger partial charge in [0.2, 0.25) is 0 Å². The second kappa shape index (κ2) is 4.58. The van der Waals surface area contributed by atoms with E-state index in [1.165, 1.54) is 5.56 Å². The summed E-state index contributed by atoms with van der Waals surface area (Å²) in [5, 5.41) is 0. The van der Waals surface area contributed by atoms with Crippen LogP contribution < -0.4 is 0 Å². The summed E-state index contributed by atoms with van der Waals surface area (Å²) in [6, 6.07) is 12.4. The van der Waals surface area contributed by atoms with Crippen LogP contribution >= 0.6 is 15.9 Å². The van der Waals surface area contributed by atoms with Gasteiger partial charge in [-0.3, -0.25) is 4.98 Å². The second-order valence-corrected chi connectivity index (χ2v) is 4.33. The highest BCUT2D eigenvalue weighted by atomic mass is 79.9. The molecule has 76 valence electrons. The van der Waals surface area contributed by atoms with Gasteiger partial charge in [-0.25, -0.2) is 0 Å². The molecule has 2 rings (SSSR count). The molecule has 0 N–H and O–H groups in total. The molecule has 0 amide bonds. The Labute approximate surface area is 98.3 Å². The molecular formula is C13H12BrN. The Hall–Kier alpha value is -1.15. The Balaban J connectivity index is 2.33. The molecule has 0 saturated carbocycles. The SMILES string of the molecule is CCc1ccc(-c2ccc(Br)cc2)nc1. The molecule has 0 spiro atoms. The van der Waals surface area contributed by atoms with Crippen molar-refractivity contribution in [1.82, 2.24) is 4.98 Å². The molecular weight excluding hydrogens is 250 g/mol. The fraction of sp³-hybridized carbons (Fsp3) is 0.154. The fourth-order valence-electron chi connectivity index (χ4n) is 1.43. The van der Waals surface area contributed by atoms with Crippen molar-refractivity contribution in [3.63, 3.8) is 0 Å². The van der Waals surface area contributed by atoms with Crippen molar-refractivity contribution in [2.75, 3.05) is 0 Å². The molecule has 1 aromatic heterocycles. The standard InChI is InChI=1S/C13H12BrN/c1-2-10-3-8-13(15-9-10)11-4-6-12(14)7-5-11/h3-9H,2H2,1H3. The Morgan fingerprint density at radius 3 is 2.33 bits per heavy atom. The first-order valence-electron chi connectivity index (χ1n) is 5.00. The summed E-state index contributed by atoms with van der Waals surface area (Å²) in [5.74, 6) is 0. The molecule has 1 nitrogen and oxygen atoms in total. The first-order chi connectivity index (χ1) is 7.29. The molecule has 0 radical (unpaired) electrons. The van der Waals surface area contributed by atoms with Crippen LogP contribution in [0.25, 0.3) is 11.3 Å². The van der Waals surface area contributed by atoms with Gasteiger partial charge in [0, 0.05) is 16.2 Å². The summed E-state index contributed by atoms with van der Waals surface area (Å²) in [5.41, 5.74) is 3.46. The zero-order chi connectivity index (χ0) is 10.7. The van der Waals surface area contributed by atoms with Gasteiger partial charge in [-0.1, -0.05) is 41.1 Å². The van der Waals surface area contributed by atoms with Crippen molar-refractivity contribution in [2.24, 2.45) is 0 Å². The first-order valence-corrected chi connectivity index (χ1v) is 5.80. The Morgan fingerprint density at radius 1 is 1.07 bits per heavy atom. The molecule has 2 aromatic rings. The van der Waals surface area contributed by atoms with Gasteiger partial charge >= 0.3 is 0 Å². The Morgan fingerprint density at radius 2 is 1.80 bits per heavy atom. The van der Waals surface area contributed by atoms with Gasteiger partial charge < -0.3 is 0 Å². The van der Waals surface area contributed by atoms with E-state index in [1.807, 2.05) is 18.3 Å². The quantitative estimate of drug-likeness (QED) is 0.794. The lowest BCUT2D eigenvalue weighted by atomic mass is 10.1. The van der Waals surface area contributed by atoms with Crippen LogP contribution in [-0.2, 0) is 6.42 Å². The van der Waals surface area contributed by atoms with Crippen LogP contribution in [-0.4, -0.2) is 4.98 Å². The van der Waals surface area contributed by atoms with Crippen molar-refractivity contribution in [3.8, 4) is 11.3 Å². The highest BCUT2D eigenvalue weighted by Crippen LogP contribution is 2.19. The van der Waals surface area contributed by atoms with Crippen molar-refractivity contribution in [1.29, 1.82) is 0 Å². The van der Waals surface area contributed by atoms with Gasteiger partial charge in [-0.2, -0.15) is 0 Å². The van der Waals surface area contributed by atoms with E-state index in [0.717, 1.165) is 22.2 Å². The molecule has 0 aliphatic carbocycles. The number of hydrogen-bond acceptors (Lipinski definition) is 1. The molecule has 0 saturated heterocycles. The summed E-state index contributed by atoms with van der Waals surface area (Å²) in [6.45, 7) is 2.14. The summed E-state index contributed by atoms with van der Waals surface area (Å²) in [4.78, 5) is 4.43. The van der Waals surface area contributed by atoms with Gasteiger partial charge in [0.1, 0.15) is 0 Å². The van der Waals surface area contributed by atoms with Crippen LogP contribution in [0.4, 0.5) is 0 Å². The third-order valence-corrected chi connectivity index (χ3v) is 2.90. The molecule has 0 unspecified atom stereocenters. The van der Waals surface area contributed by atoms with Gasteiger partial charge in [-0.15, -0.1) is 0 Å². The average molecular weight is 262 g/mol. The van der Waals surface area contributed by atoms with Gasteiger partial charge in [0.25, 0.3) is 0 Å². The number of aromatic nitrogens is 1.